The van der Waals surface area contributed by atoms with Gasteiger partial charge in [-0.2, -0.15) is 0 Å². The van der Waals surface area contributed by atoms with E-state index in [1.54, 1.807) is 0 Å². The highest BCUT2D eigenvalue weighted by Gasteiger charge is 2.32. The van der Waals surface area contributed by atoms with E-state index in [-0.39, 0.29) is 6.04 Å². The Hall–Kier alpha value is -1.99. The maximum Gasteiger partial charge on any atom is 0.173 e. The molecule has 2 aliphatic rings. The molecular weight excluding hydrogens is 340 g/mol. The molecule has 0 bridgehead atoms. The van der Waals surface area contributed by atoms with E-state index in [0.29, 0.717) is 12.6 Å². The van der Waals surface area contributed by atoms with Crippen molar-refractivity contribution in [3.63, 3.8) is 0 Å². The standard InChI is InChI=1S/C20H30N6O/c1-3-27-18-10-8-16(9-11-18)19(25-14-12-24(2)13-15-25)20-21-22-23-26(20)17-6-4-5-7-17/h8-11,17,19H,3-7,12-15H2,1-2H3/t19-/m1/s1. The Morgan fingerprint density at radius 3 is 2.44 bits per heavy atom. The summed E-state index contributed by atoms with van der Waals surface area (Å²) >= 11 is 0. The fraction of sp³-hybridized carbons (Fsp3) is 0.650. The van der Waals surface area contributed by atoms with Gasteiger partial charge in [-0.1, -0.05) is 25.0 Å². The second-order valence-corrected chi connectivity index (χ2v) is 7.66. The number of piperazine rings is 1. The van der Waals surface area contributed by atoms with Crippen LogP contribution in [-0.4, -0.2) is 69.8 Å². The van der Waals surface area contributed by atoms with Gasteiger partial charge in [0, 0.05) is 26.2 Å². The van der Waals surface area contributed by atoms with Gasteiger partial charge in [0.15, 0.2) is 5.82 Å². The summed E-state index contributed by atoms with van der Waals surface area (Å²) in [5.74, 6) is 1.89. The number of tetrazole rings is 1. The Morgan fingerprint density at radius 1 is 1.07 bits per heavy atom. The molecule has 1 aliphatic carbocycles. The van der Waals surface area contributed by atoms with E-state index in [2.05, 4.69) is 61.3 Å². The maximum absolute atomic E-state index is 5.63. The summed E-state index contributed by atoms with van der Waals surface area (Å²) in [4.78, 5) is 4.90. The topological polar surface area (TPSA) is 59.3 Å². The average Bonchev–Trinajstić information content (AvgIpc) is 3.37. The molecule has 1 aromatic carbocycles. The van der Waals surface area contributed by atoms with Gasteiger partial charge in [0.2, 0.25) is 0 Å². The molecule has 4 rings (SSSR count). The highest BCUT2D eigenvalue weighted by atomic mass is 16.5. The van der Waals surface area contributed by atoms with Crippen LogP contribution in [0, 0.1) is 0 Å². The number of rotatable bonds is 6. The predicted octanol–water partition coefficient (Wildman–Crippen LogP) is 2.52. The maximum atomic E-state index is 5.63. The highest BCUT2D eigenvalue weighted by molar-refractivity contribution is 5.32. The van der Waals surface area contributed by atoms with Crippen molar-refractivity contribution in [3.8, 4) is 5.75 Å². The molecule has 7 heteroatoms. The SMILES string of the molecule is CCOc1ccc([C@H](c2nnnn2C2CCCC2)N2CCN(C)CC2)cc1. The lowest BCUT2D eigenvalue weighted by atomic mass is 10.0. The summed E-state index contributed by atoms with van der Waals surface area (Å²) in [5.41, 5.74) is 1.23. The smallest absolute Gasteiger partial charge is 0.173 e. The first kappa shape index (κ1) is 18.4. The first-order chi connectivity index (χ1) is 13.3. The molecule has 146 valence electrons. The molecule has 27 heavy (non-hydrogen) atoms. The molecule has 1 saturated carbocycles. The molecule has 1 saturated heterocycles. The first-order valence-electron chi connectivity index (χ1n) is 10.2. The number of aromatic nitrogens is 4. The van der Waals surface area contributed by atoms with Crippen LogP contribution in [0.5, 0.6) is 5.75 Å². The first-order valence-corrected chi connectivity index (χ1v) is 10.2. The van der Waals surface area contributed by atoms with Gasteiger partial charge in [-0.05, 0) is 54.9 Å². The van der Waals surface area contributed by atoms with Crippen molar-refractivity contribution in [3.05, 3.63) is 35.7 Å². The van der Waals surface area contributed by atoms with Crippen molar-refractivity contribution in [2.24, 2.45) is 0 Å². The normalized spacial score (nSPS) is 20.8. The van der Waals surface area contributed by atoms with Gasteiger partial charge in [0.05, 0.1) is 18.7 Å². The van der Waals surface area contributed by atoms with Crippen molar-refractivity contribution in [2.75, 3.05) is 39.8 Å². The zero-order chi connectivity index (χ0) is 18.6. The van der Waals surface area contributed by atoms with E-state index in [4.69, 9.17) is 4.74 Å². The minimum Gasteiger partial charge on any atom is -0.494 e. The van der Waals surface area contributed by atoms with Crippen molar-refractivity contribution >= 4 is 0 Å². The van der Waals surface area contributed by atoms with Crippen LogP contribution in [0.15, 0.2) is 24.3 Å². The van der Waals surface area contributed by atoms with Crippen molar-refractivity contribution in [1.82, 2.24) is 30.0 Å². The van der Waals surface area contributed by atoms with E-state index < -0.39 is 0 Å². The van der Waals surface area contributed by atoms with E-state index in [0.717, 1.165) is 37.8 Å². The number of likely N-dealkylation sites (N-methyl/N-ethyl adjacent to an activating group) is 1. The van der Waals surface area contributed by atoms with Gasteiger partial charge < -0.3 is 9.64 Å². The molecule has 7 nitrogen and oxygen atoms in total. The van der Waals surface area contributed by atoms with Gasteiger partial charge in [-0.3, -0.25) is 4.90 Å². The number of hydrogen-bond donors (Lipinski definition) is 0. The number of hydrogen-bond acceptors (Lipinski definition) is 6. The average molecular weight is 371 g/mol. The van der Waals surface area contributed by atoms with Crippen LogP contribution < -0.4 is 4.74 Å². The van der Waals surface area contributed by atoms with Gasteiger partial charge in [-0.25, -0.2) is 4.68 Å². The lowest BCUT2D eigenvalue weighted by molar-refractivity contribution is 0.120. The Morgan fingerprint density at radius 2 is 1.78 bits per heavy atom. The molecule has 0 radical (unpaired) electrons. The lowest BCUT2D eigenvalue weighted by Crippen LogP contribution is -2.46. The van der Waals surface area contributed by atoms with Gasteiger partial charge in [-0.15, -0.1) is 5.10 Å². The van der Waals surface area contributed by atoms with E-state index >= 15 is 0 Å². The number of nitrogens with zero attached hydrogens (tertiary/aromatic N) is 6. The van der Waals surface area contributed by atoms with Gasteiger partial charge in [0.1, 0.15) is 5.75 Å². The molecule has 0 amide bonds. The van der Waals surface area contributed by atoms with Crippen LogP contribution in [0.3, 0.4) is 0 Å². The largest absolute Gasteiger partial charge is 0.494 e. The molecule has 1 atom stereocenters. The van der Waals surface area contributed by atoms with Gasteiger partial charge >= 0.3 is 0 Å². The molecule has 2 aromatic rings. The fourth-order valence-corrected chi connectivity index (χ4v) is 4.31. The summed E-state index contributed by atoms with van der Waals surface area (Å²) in [7, 11) is 2.19. The minimum absolute atomic E-state index is 0.0879. The fourth-order valence-electron chi connectivity index (χ4n) is 4.31. The molecule has 1 aliphatic heterocycles. The van der Waals surface area contributed by atoms with Crippen molar-refractivity contribution in [1.29, 1.82) is 0 Å². The second-order valence-electron chi connectivity index (χ2n) is 7.66. The second kappa shape index (κ2) is 8.35. The molecule has 0 unspecified atom stereocenters. The summed E-state index contributed by atoms with van der Waals surface area (Å²) in [5, 5.41) is 13.0. The van der Waals surface area contributed by atoms with Crippen LogP contribution in [0.1, 0.15) is 56.1 Å². The van der Waals surface area contributed by atoms with Crippen LogP contribution in [0.25, 0.3) is 0 Å². The monoisotopic (exact) mass is 370 g/mol. The van der Waals surface area contributed by atoms with E-state index in [9.17, 15) is 0 Å². The summed E-state index contributed by atoms with van der Waals surface area (Å²) in [6.07, 6.45) is 4.89. The quantitative estimate of drug-likeness (QED) is 0.779. The summed E-state index contributed by atoms with van der Waals surface area (Å²) < 4.78 is 7.73. The molecule has 1 aromatic heterocycles. The van der Waals surface area contributed by atoms with Crippen LogP contribution >= 0.6 is 0 Å². The Bertz CT molecular complexity index is 716. The van der Waals surface area contributed by atoms with Crippen molar-refractivity contribution in [2.45, 2.75) is 44.7 Å². The Balaban J connectivity index is 1.67. The van der Waals surface area contributed by atoms with Crippen LogP contribution in [0.4, 0.5) is 0 Å². The van der Waals surface area contributed by atoms with Crippen LogP contribution in [0.2, 0.25) is 0 Å². The van der Waals surface area contributed by atoms with Gasteiger partial charge in [0.25, 0.3) is 0 Å². The molecular formula is C20H30N6O. The summed E-state index contributed by atoms with van der Waals surface area (Å²) in [6.45, 7) is 6.87. The Labute approximate surface area is 161 Å². The third kappa shape index (κ3) is 3.99. The van der Waals surface area contributed by atoms with Crippen LogP contribution in [-0.2, 0) is 0 Å². The van der Waals surface area contributed by atoms with Crippen molar-refractivity contribution < 1.29 is 4.74 Å². The third-order valence-electron chi connectivity index (χ3n) is 5.84. The van der Waals surface area contributed by atoms with E-state index in [1.165, 1.54) is 31.2 Å². The predicted molar refractivity (Wildman–Crippen MR) is 104 cm³/mol. The minimum atomic E-state index is 0.0879. The molecule has 2 fully saturated rings. The zero-order valence-electron chi connectivity index (χ0n) is 16.4. The number of benzene rings is 1. The zero-order valence-corrected chi connectivity index (χ0v) is 16.4. The third-order valence-corrected chi connectivity index (χ3v) is 5.84. The molecule has 0 spiro atoms. The number of ether oxygens (including phenoxy) is 1. The Kier molecular flexibility index (Phi) is 5.69. The highest BCUT2D eigenvalue weighted by Crippen LogP contribution is 2.34. The lowest BCUT2D eigenvalue weighted by Gasteiger charge is -2.37. The summed E-state index contributed by atoms with van der Waals surface area (Å²) in [6, 6.07) is 8.98. The molecule has 2 heterocycles. The molecule has 0 N–H and O–H groups in total. The van der Waals surface area contributed by atoms with E-state index in [1.807, 2.05) is 6.92 Å².